The monoisotopic (exact) mass is 243 g/mol. The van der Waals surface area contributed by atoms with E-state index in [9.17, 15) is 4.79 Å². The van der Waals surface area contributed by atoms with Crippen molar-refractivity contribution in [3.63, 3.8) is 0 Å². The number of aliphatic carboxylic acids is 1. The van der Waals surface area contributed by atoms with Crippen molar-refractivity contribution in [2.24, 2.45) is 11.7 Å². The second kappa shape index (κ2) is 10.6. The predicted molar refractivity (Wildman–Crippen MR) is 72.0 cm³/mol. The van der Waals surface area contributed by atoms with Crippen molar-refractivity contribution in [2.75, 3.05) is 0 Å². The summed E-state index contributed by atoms with van der Waals surface area (Å²) in [6.45, 7) is 4.29. The number of carboxylic acid groups (broad SMARTS) is 1. The molecule has 17 heavy (non-hydrogen) atoms. The van der Waals surface area contributed by atoms with E-state index in [1.54, 1.807) is 0 Å². The van der Waals surface area contributed by atoms with Gasteiger partial charge in [-0.2, -0.15) is 0 Å². The van der Waals surface area contributed by atoms with Gasteiger partial charge >= 0.3 is 5.97 Å². The molecule has 0 aliphatic rings. The summed E-state index contributed by atoms with van der Waals surface area (Å²) < 4.78 is 0. The van der Waals surface area contributed by atoms with Gasteiger partial charge in [-0.1, -0.05) is 58.8 Å². The van der Waals surface area contributed by atoms with Crippen molar-refractivity contribution in [1.82, 2.24) is 0 Å². The summed E-state index contributed by atoms with van der Waals surface area (Å²) in [6.07, 6.45) is 10.2. The third-order valence-electron chi connectivity index (χ3n) is 3.40. The van der Waals surface area contributed by atoms with Crippen LogP contribution in [0.1, 0.15) is 71.6 Å². The van der Waals surface area contributed by atoms with E-state index in [-0.39, 0.29) is 12.5 Å². The second-order valence-electron chi connectivity index (χ2n) is 5.15. The van der Waals surface area contributed by atoms with E-state index >= 15 is 0 Å². The Labute approximate surface area is 106 Å². The van der Waals surface area contributed by atoms with E-state index in [1.807, 2.05) is 0 Å². The van der Waals surface area contributed by atoms with Crippen molar-refractivity contribution in [2.45, 2.75) is 77.7 Å². The minimum atomic E-state index is -0.788. The number of hydrogen-bond donors (Lipinski definition) is 2. The third kappa shape index (κ3) is 10.3. The molecule has 3 N–H and O–H groups in total. The molecule has 0 aliphatic heterocycles. The molecule has 0 aliphatic carbocycles. The molecule has 0 aromatic rings. The summed E-state index contributed by atoms with van der Waals surface area (Å²) in [5.74, 6) is -0.467. The standard InChI is InChI=1S/C14H29NO2/c1-3-4-5-6-7-8-9-10-12(2)13(15)11-14(16)17/h12-13H,3-11,15H2,1-2H3,(H,16,17). The summed E-state index contributed by atoms with van der Waals surface area (Å²) in [4.78, 5) is 10.5. The maximum atomic E-state index is 10.5. The van der Waals surface area contributed by atoms with E-state index in [0.717, 1.165) is 6.42 Å². The molecular formula is C14H29NO2. The van der Waals surface area contributed by atoms with Gasteiger partial charge in [-0.25, -0.2) is 0 Å². The van der Waals surface area contributed by atoms with Crippen LogP contribution in [0.2, 0.25) is 0 Å². The van der Waals surface area contributed by atoms with Crippen molar-refractivity contribution in [3.8, 4) is 0 Å². The van der Waals surface area contributed by atoms with Crippen LogP contribution in [0.4, 0.5) is 0 Å². The Kier molecular flexibility index (Phi) is 10.2. The smallest absolute Gasteiger partial charge is 0.304 e. The fraction of sp³-hybridized carbons (Fsp3) is 0.929. The number of unbranched alkanes of at least 4 members (excludes halogenated alkanes) is 6. The predicted octanol–water partition coefficient (Wildman–Crippen LogP) is 3.57. The summed E-state index contributed by atoms with van der Waals surface area (Å²) in [5.41, 5.74) is 5.82. The maximum Gasteiger partial charge on any atom is 0.304 e. The Balaban J connectivity index is 3.38. The average Bonchev–Trinajstić information content (AvgIpc) is 2.26. The molecule has 2 unspecified atom stereocenters. The first-order valence-electron chi connectivity index (χ1n) is 7.05. The van der Waals surface area contributed by atoms with Crippen LogP contribution in [-0.2, 0) is 4.79 Å². The lowest BCUT2D eigenvalue weighted by Crippen LogP contribution is -2.30. The fourth-order valence-electron chi connectivity index (χ4n) is 2.04. The molecule has 0 bridgehead atoms. The lowest BCUT2D eigenvalue weighted by Gasteiger charge is -2.17. The number of nitrogens with two attached hydrogens (primary N) is 1. The van der Waals surface area contributed by atoms with Crippen LogP contribution in [0.15, 0.2) is 0 Å². The minimum absolute atomic E-state index is 0.0949. The van der Waals surface area contributed by atoms with Crippen molar-refractivity contribution in [3.05, 3.63) is 0 Å². The lowest BCUT2D eigenvalue weighted by atomic mass is 9.93. The normalized spacial score (nSPS) is 14.5. The summed E-state index contributed by atoms with van der Waals surface area (Å²) >= 11 is 0. The summed E-state index contributed by atoms with van der Waals surface area (Å²) in [5, 5.41) is 8.64. The molecule has 0 saturated carbocycles. The number of hydrogen-bond acceptors (Lipinski definition) is 2. The Morgan fingerprint density at radius 2 is 1.65 bits per heavy atom. The Hall–Kier alpha value is -0.570. The van der Waals surface area contributed by atoms with Gasteiger partial charge in [0.25, 0.3) is 0 Å². The first-order valence-corrected chi connectivity index (χ1v) is 7.05. The van der Waals surface area contributed by atoms with E-state index in [1.165, 1.54) is 44.9 Å². The highest BCUT2D eigenvalue weighted by Crippen LogP contribution is 2.15. The number of carbonyl (C=O) groups is 1. The van der Waals surface area contributed by atoms with Crippen LogP contribution in [0.3, 0.4) is 0 Å². The lowest BCUT2D eigenvalue weighted by molar-refractivity contribution is -0.137. The molecule has 0 radical (unpaired) electrons. The summed E-state index contributed by atoms with van der Waals surface area (Å²) in [6, 6.07) is -0.187. The maximum absolute atomic E-state index is 10.5. The molecule has 0 spiro atoms. The van der Waals surface area contributed by atoms with Gasteiger partial charge in [0.05, 0.1) is 6.42 Å². The highest BCUT2D eigenvalue weighted by atomic mass is 16.4. The largest absolute Gasteiger partial charge is 0.481 e. The molecule has 0 aromatic carbocycles. The number of rotatable bonds is 11. The molecule has 0 heterocycles. The van der Waals surface area contributed by atoms with Crippen molar-refractivity contribution in [1.29, 1.82) is 0 Å². The fourth-order valence-corrected chi connectivity index (χ4v) is 2.04. The van der Waals surface area contributed by atoms with Gasteiger partial charge in [0.15, 0.2) is 0 Å². The topological polar surface area (TPSA) is 63.3 Å². The summed E-state index contributed by atoms with van der Waals surface area (Å²) in [7, 11) is 0. The van der Waals surface area contributed by atoms with Crippen molar-refractivity contribution >= 4 is 5.97 Å². The zero-order valence-electron chi connectivity index (χ0n) is 11.5. The van der Waals surface area contributed by atoms with E-state index in [4.69, 9.17) is 10.8 Å². The van der Waals surface area contributed by atoms with Gasteiger partial charge in [-0.15, -0.1) is 0 Å². The zero-order chi connectivity index (χ0) is 13.1. The quantitative estimate of drug-likeness (QED) is 0.545. The van der Waals surface area contributed by atoms with Gasteiger partial charge in [-0.3, -0.25) is 4.79 Å². The van der Waals surface area contributed by atoms with Gasteiger partial charge in [-0.05, 0) is 12.3 Å². The molecule has 2 atom stereocenters. The Morgan fingerprint density at radius 1 is 1.12 bits per heavy atom. The highest BCUT2D eigenvalue weighted by Gasteiger charge is 2.15. The van der Waals surface area contributed by atoms with Crippen LogP contribution in [0.25, 0.3) is 0 Å². The molecule has 0 aromatic heterocycles. The van der Waals surface area contributed by atoms with E-state index in [2.05, 4.69) is 13.8 Å². The highest BCUT2D eigenvalue weighted by molar-refractivity contribution is 5.67. The first-order chi connectivity index (χ1) is 8.07. The van der Waals surface area contributed by atoms with E-state index in [0.29, 0.717) is 5.92 Å². The molecule has 0 amide bonds. The molecule has 0 fully saturated rings. The SMILES string of the molecule is CCCCCCCCCC(C)C(N)CC(=O)O. The first kappa shape index (κ1) is 16.4. The molecule has 3 nitrogen and oxygen atoms in total. The second-order valence-corrected chi connectivity index (χ2v) is 5.15. The van der Waals surface area contributed by atoms with Crippen molar-refractivity contribution < 1.29 is 9.90 Å². The van der Waals surface area contributed by atoms with Crippen LogP contribution >= 0.6 is 0 Å². The van der Waals surface area contributed by atoms with Gasteiger partial charge < -0.3 is 10.8 Å². The van der Waals surface area contributed by atoms with Crippen LogP contribution < -0.4 is 5.73 Å². The third-order valence-corrected chi connectivity index (χ3v) is 3.40. The average molecular weight is 243 g/mol. The van der Waals surface area contributed by atoms with Crippen LogP contribution in [0.5, 0.6) is 0 Å². The Bertz CT molecular complexity index is 195. The van der Waals surface area contributed by atoms with E-state index < -0.39 is 5.97 Å². The van der Waals surface area contributed by atoms with Gasteiger partial charge in [0.1, 0.15) is 0 Å². The number of carboxylic acids is 1. The molecular weight excluding hydrogens is 214 g/mol. The minimum Gasteiger partial charge on any atom is -0.481 e. The zero-order valence-corrected chi connectivity index (χ0v) is 11.5. The van der Waals surface area contributed by atoms with Gasteiger partial charge in [0.2, 0.25) is 0 Å². The molecule has 0 rings (SSSR count). The van der Waals surface area contributed by atoms with Crippen LogP contribution in [-0.4, -0.2) is 17.1 Å². The Morgan fingerprint density at radius 3 is 2.18 bits per heavy atom. The molecule has 0 saturated heterocycles. The molecule has 3 heteroatoms. The van der Waals surface area contributed by atoms with Crippen LogP contribution in [0, 0.1) is 5.92 Å². The molecule has 102 valence electrons. The van der Waals surface area contributed by atoms with Gasteiger partial charge in [0, 0.05) is 6.04 Å².